The van der Waals surface area contributed by atoms with Gasteiger partial charge in [0, 0.05) is 5.56 Å². The van der Waals surface area contributed by atoms with Crippen molar-refractivity contribution in [3.63, 3.8) is 0 Å². The number of nitrogens with one attached hydrogen (secondary N) is 1. The number of piperidine rings is 1. The molecule has 0 saturated carbocycles. The summed E-state index contributed by atoms with van der Waals surface area (Å²) < 4.78 is 18.7. The van der Waals surface area contributed by atoms with E-state index in [0.29, 0.717) is 18.2 Å². The number of halogens is 1. The summed E-state index contributed by atoms with van der Waals surface area (Å²) in [6.07, 6.45) is 3.50. The van der Waals surface area contributed by atoms with Crippen LogP contribution in [0.3, 0.4) is 0 Å². The molecule has 2 aromatic rings. The van der Waals surface area contributed by atoms with E-state index in [2.05, 4.69) is 4.98 Å². The molecule has 6 heteroatoms. The van der Waals surface area contributed by atoms with Gasteiger partial charge in [-0.1, -0.05) is 0 Å². The molecule has 116 valence electrons. The summed E-state index contributed by atoms with van der Waals surface area (Å²) in [5, 5.41) is 0. The van der Waals surface area contributed by atoms with E-state index >= 15 is 0 Å². The van der Waals surface area contributed by atoms with Crippen LogP contribution in [0, 0.1) is 11.7 Å². The van der Waals surface area contributed by atoms with E-state index in [4.69, 9.17) is 10.2 Å². The topological polar surface area (TPSA) is 73.6 Å². The molecule has 2 heterocycles. The molecule has 0 bridgehead atoms. The number of oxazole rings is 1. The second kappa shape index (κ2) is 6.27. The van der Waals surface area contributed by atoms with Crippen molar-refractivity contribution in [2.24, 2.45) is 11.7 Å². The van der Waals surface area contributed by atoms with Gasteiger partial charge >= 0.3 is 0 Å². The monoisotopic (exact) mass is 304 g/mol. The zero-order valence-corrected chi connectivity index (χ0v) is 12.2. The van der Waals surface area contributed by atoms with E-state index in [9.17, 15) is 9.18 Å². The molecule has 1 unspecified atom stereocenters. The maximum absolute atomic E-state index is 12.9. The zero-order valence-electron chi connectivity index (χ0n) is 12.2. The summed E-state index contributed by atoms with van der Waals surface area (Å²) in [6.45, 7) is 2.34. The van der Waals surface area contributed by atoms with Crippen LogP contribution in [0.1, 0.15) is 18.7 Å². The van der Waals surface area contributed by atoms with Crippen LogP contribution in [0.5, 0.6) is 0 Å². The van der Waals surface area contributed by atoms with Gasteiger partial charge in [0.15, 0.2) is 12.3 Å². The predicted octanol–water partition coefficient (Wildman–Crippen LogP) is 0.761. The van der Waals surface area contributed by atoms with Crippen LogP contribution in [-0.2, 0) is 11.3 Å². The first kappa shape index (κ1) is 14.7. The summed E-state index contributed by atoms with van der Waals surface area (Å²) >= 11 is 0. The first-order valence-corrected chi connectivity index (χ1v) is 7.45. The van der Waals surface area contributed by atoms with Crippen LogP contribution in [0.4, 0.5) is 4.39 Å². The minimum Gasteiger partial charge on any atom is -0.435 e. The number of hydrogen-bond donors (Lipinski definition) is 2. The molecule has 1 aliphatic heterocycles. The molecule has 1 aromatic carbocycles. The molecule has 5 nitrogen and oxygen atoms in total. The lowest BCUT2D eigenvalue weighted by Crippen LogP contribution is -3.12. The van der Waals surface area contributed by atoms with E-state index in [-0.39, 0.29) is 17.6 Å². The Morgan fingerprint density at radius 2 is 2.18 bits per heavy atom. The average Bonchev–Trinajstić information content (AvgIpc) is 2.96. The predicted molar refractivity (Wildman–Crippen MR) is 78.2 cm³/mol. The van der Waals surface area contributed by atoms with Crippen molar-refractivity contribution in [1.29, 1.82) is 0 Å². The molecule has 1 amide bonds. The zero-order chi connectivity index (χ0) is 15.5. The standard InChI is InChI=1S/C16H18FN3O2/c17-13-5-3-11(4-6-13)14-8-19-15(22-14)10-20-7-1-2-12(9-20)16(18)21/h3-6,8,12H,1-2,7,9-10H2,(H2,18,21)/p+1/t12-/m1/s1. The van der Waals surface area contributed by atoms with Crippen molar-refractivity contribution in [2.75, 3.05) is 13.1 Å². The summed E-state index contributed by atoms with van der Waals surface area (Å²) in [7, 11) is 0. The van der Waals surface area contributed by atoms with E-state index in [1.54, 1.807) is 18.3 Å². The number of benzene rings is 1. The number of carbonyl (C=O) groups excluding carboxylic acids is 1. The number of carbonyl (C=O) groups is 1. The fraction of sp³-hybridized carbons (Fsp3) is 0.375. The normalized spacial score (nSPS) is 21.7. The van der Waals surface area contributed by atoms with Crippen LogP contribution >= 0.6 is 0 Å². The lowest BCUT2D eigenvalue weighted by molar-refractivity contribution is -0.922. The van der Waals surface area contributed by atoms with Gasteiger partial charge in [-0.25, -0.2) is 9.37 Å². The minimum absolute atomic E-state index is 0.0599. The fourth-order valence-electron chi connectivity index (χ4n) is 2.91. The maximum Gasteiger partial charge on any atom is 0.250 e. The maximum atomic E-state index is 12.9. The van der Waals surface area contributed by atoms with Crippen LogP contribution in [-0.4, -0.2) is 24.0 Å². The van der Waals surface area contributed by atoms with Crippen molar-refractivity contribution < 1.29 is 18.5 Å². The number of likely N-dealkylation sites (tertiary alicyclic amines) is 1. The summed E-state index contributed by atoms with van der Waals surface area (Å²) in [4.78, 5) is 16.8. The number of hydrogen-bond acceptors (Lipinski definition) is 3. The highest BCUT2D eigenvalue weighted by molar-refractivity contribution is 5.76. The van der Waals surface area contributed by atoms with E-state index in [1.165, 1.54) is 17.0 Å². The number of rotatable bonds is 4. The summed E-state index contributed by atoms with van der Waals surface area (Å²) in [5.41, 5.74) is 6.19. The molecule has 0 radical (unpaired) electrons. The number of primary amides is 1. The Morgan fingerprint density at radius 1 is 1.41 bits per heavy atom. The highest BCUT2D eigenvalue weighted by Crippen LogP contribution is 2.20. The molecule has 0 spiro atoms. The third-order valence-electron chi connectivity index (χ3n) is 4.10. The molecule has 1 aromatic heterocycles. The molecule has 3 N–H and O–H groups in total. The molecule has 2 atom stereocenters. The Labute approximate surface area is 127 Å². The number of amides is 1. The summed E-state index contributed by atoms with van der Waals surface area (Å²) in [6, 6.07) is 6.11. The quantitative estimate of drug-likeness (QED) is 0.876. The third-order valence-corrected chi connectivity index (χ3v) is 4.10. The van der Waals surface area contributed by atoms with Gasteiger partial charge < -0.3 is 15.1 Å². The number of aromatic nitrogens is 1. The third kappa shape index (κ3) is 3.33. The number of quaternary nitrogens is 1. The van der Waals surface area contributed by atoms with Gasteiger partial charge in [0.2, 0.25) is 5.91 Å². The molecule has 3 rings (SSSR count). The molecular weight excluding hydrogens is 285 g/mol. The Morgan fingerprint density at radius 3 is 2.91 bits per heavy atom. The SMILES string of the molecule is NC(=O)[C@@H]1CCC[NH+](Cc2ncc(-c3ccc(F)cc3)o2)C1. The van der Waals surface area contributed by atoms with Crippen LogP contribution in [0.15, 0.2) is 34.9 Å². The Balaban J connectivity index is 1.66. The van der Waals surface area contributed by atoms with E-state index in [0.717, 1.165) is 31.5 Å². The van der Waals surface area contributed by atoms with Crippen molar-refractivity contribution in [2.45, 2.75) is 19.4 Å². The van der Waals surface area contributed by atoms with Gasteiger partial charge in [-0.15, -0.1) is 0 Å². The number of nitrogens with two attached hydrogens (primary N) is 1. The molecule has 1 aliphatic rings. The van der Waals surface area contributed by atoms with Gasteiger partial charge in [0.05, 0.1) is 25.2 Å². The average molecular weight is 304 g/mol. The van der Waals surface area contributed by atoms with Crippen molar-refractivity contribution in [3.05, 3.63) is 42.2 Å². The molecular formula is C16H19FN3O2+. The first-order valence-electron chi connectivity index (χ1n) is 7.45. The van der Waals surface area contributed by atoms with Crippen LogP contribution in [0.2, 0.25) is 0 Å². The molecule has 1 fully saturated rings. The smallest absolute Gasteiger partial charge is 0.250 e. The molecule has 1 saturated heterocycles. The van der Waals surface area contributed by atoms with Crippen molar-refractivity contribution in [3.8, 4) is 11.3 Å². The fourth-order valence-corrected chi connectivity index (χ4v) is 2.91. The highest BCUT2D eigenvalue weighted by atomic mass is 19.1. The molecule has 0 aliphatic carbocycles. The van der Waals surface area contributed by atoms with Gasteiger partial charge in [-0.05, 0) is 37.1 Å². The van der Waals surface area contributed by atoms with Crippen molar-refractivity contribution >= 4 is 5.91 Å². The lowest BCUT2D eigenvalue weighted by Gasteiger charge is -2.27. The second-order valence-electron chi connectivity index (χ2n) is 5.75. The van der Waals surface area contributed by atoms with Gasteiger partial charge in [0.1, 0.15) is 5.82 Å². The van der Waals surface area contributed by atoms with Gasteiger partial charge in [-0.2, -0.15) is 0 Å². The Bertz CT molecular complexity index is 654. The summed E-state index contributed by atoms with van der Waals surface area (Å²) in [5.74, 6) is 0.683. The Hall–Kier alpha value is -2.21. The molecule has 22 heavy (non-hydrogen) atoms. The Kier molecular flexibility index (Phi) is 4.20. The van der Waals surface area contributed by atoms with Gasteiger partial charge in [0.25, 0.3) is 5.89 Å². The lowest BCUT2D eigenvalue weighted by atomic mass is 9.97. The van der Waals surface area contributed by atoms with E-state index < -0.39 is 0 Å². The van der Waals surface area contributed by atoms with Crippen LogP contribution < -0.4 is 10.6 Å². The van der Waals surface area contributed by atoms with Crippen molar-refractivity contribution in [1.82, 2.24) is 4.98 Å². The largest absolute Gasteiger partial charge is 0.435 e. The first-order chi connectivity index (χ1) is 10.6. The highest BCUT2D eigenvalue weighted by Gasteiger charge is 2.28. The van der Waals surface area contributed by atoms with Crippen LogP contribution in [0.25, 0.3) is 11.3 Å². The number of nitrogens with zero attached hydrogens (tertiary/aromatic N) is 1. The second-order valence-corrected chi connectivity index (χ2v) is 5.75. The minimum atomic E-state index is -0.279. The van der Waals surface area contributed by atoms with Gasteiger partial charge in [-0.3, -0.25) is 4.79 Å². The van der Waals surface area contributed by atoms with E-state index in [1.807, 2.05) is 0 Å².